The first-order valence-corrected chi connectivity index (χ1v) is 9.68. The molecule has 1 aromatic heterocycles. The molecule has 0 aliphatic heterocycles. The minimum atomic E-state index is -0.332. The Bertz CT molecular complexity index is 969. The first-order valence-electron chi connectivity index (χ1n) is 9.68. The molecule has 0 spiro atoms. The van der Waals surface area contributed by atoms with Gasteiger partial charge in [0.1, 0.15) is 5.69 Å². The molecule has 1 amide bonds. The van der Waals surface area contributed by atoms with Gasteiger partial charge in [-0.3, -0.25) is 9.89 Å². The number of hydrazone groups is 1. The molecule has 6 nitrogen and oxygen atoms in total. The Morgan fingerprint density at radius 2 is 1.83 bits per heavy atom. The number of aromatic nitrogens is 2. The third-order valence-corrected chi connectivity index (χ3v) is 4.51. The van der Waals surface area contributed by atoms with E-state index >= 15 is 0 Å². The topological polar surface area (TPSA) is 73.4 Å². The van der Waals surface area contributed by atoms with Crippen molar-refractivity contribution in [1.29, 1.82) is 0 Å². The number of benzene rings is 2. The molecule has 0 aliphatic carbocycles. The number of hydrogen-bond acceptors (Lipinski definition) is 4. The summed E-state index contributed by atoms with van der Waals surface area (Å²) in [7, 11) is 3.98. The van der Waals surface area contributed by atoms with Gasteiger partial charge in [0.2, 0.25) is 0 Å². The van der Waals surface area contributed by atoms with Crippen LogP contribution in [0, 0.1) is 5.92 Å². The lowest BCUT2D eigenvalue weighted by Crippen LogP contribution is -2.18. The molecule has 0 unspecified atom stereocenters. The molecule has 6 heteroatoms. The molecule has 0 radical (unpaired) electrons. The van der Waals surface area contributed by atoms with Gasteiger partial charge in [-0.1, -0.05) is 50.2 Å². The van der Waals surface area contributed by atoms with E-state index in [-0.39, 0.29) is 5.91 Å². The van der Waals surface area contributed by atoms with Crippen LogP contribution in [0.15, 0.2) is 59.7 Å². The van der Waals surface area contributed by atoms with Gasteiger partial charge in [-0.05, 0) is 41.7 Å². The number of anilines is 1. The van der Waals surface area contributed by atoms with E-state index in [4.69, 9.17) is 0 Å². The fourth-order valence-corrected chi connectivity index (χ4v) is 2.95. The zero-order chi connectivity index (χ0) is 20.8. The Kier molecular flexibility index (Phi) is 6.44. The molecule has 1 heterocycles. The summed E-state index contributed by atoms with van der Waals surface area (Å²) in [5.41, 5.74) is 7.90. The van der Waals surface area contributed by atoms with E-state index in [9.17, 15) is 4.79 Å². The monoisotopic (exact) mass is 389 g/mol. The largest absolute Gasteiger partial charge is 0.378 e. The molecular formula is C23H27N5O. The maximum absolute atomic E-state index is 12.3. The Morgan fingerprint density at radius 3 is 2.45 bits per heavy atom. The summed E-state index contributed by atoms with van der Waals surface area (Å²) in [4.78, 5) is 14.3. The summed E-state index contributed by atoms with van der Waals surface area (Å²) in [6, 6.07) is 17.9. The lowest BCUT2D eigenvalue weighted by molar-refractivity contribution is 0.0950. The molecule has 0 aliphatic rings. The zero-order valence-electron chi connectivity index (χ0n) is 17.3. The van der Waals surface area contributed by atoms with E-state index in [1.165, 1.54) is 5.56 Å². The summed E-state index contributed by atoms with van der Waals surface area (Å²) >= 11 is 0. The summed E-state index contributed by atoms with van der Waals surface area (Å²) in [5.74, 6) is 0.286. The van der Waals surface area contributed by atoms with Crippen molar-refractivity contribution >= 4 is 17.8 Å². The van der Waals surface area contributed by atoms with Crippen molar-refractivity contribution in [3.8, 4) is 11.3 Å². The highest BCUT2D eigenvalue weighted by molar-refractivity contribution is 5.94. The third-order valence-electron chi connectivity index (χ3n) is 4.51. The van der Waals surface area contributed by atoms with Crippen molar-refractivity contribution in [2.45, 2.75) is 20.3 Å². The van der Waals surface area contributed by atoms with E-state index in [2.05, 4.69) is 46.7 Å². The average molecular weight is 390 g/mol. The second kappa shape index (κ2) is 9.19. The van der Waals surface area contributed by atoms with Crippen LogP contribution in [0.3, 0.4) is 0 Å². The lowest BCUT2D eigenvalue weighted by atomic mass is 10.0. The van der Waals surface area contributed by atoms with Crippen molar-refractivity contribution in [1.82, 2.24) is 15.6 Å². The predicted octanol–water partition coefficient (Wildman–Crippen LogP) is 4.11. The quantitative estimate of drug-likeness (QED) is 0.472. The average Bonchev–Trinajstić information content (AvgIpc) is 3.19. The maximum atomic E-state index is 12.3. The molecule has 0 saturated heterocycles. The van der Waals surface area contributed by atoms with Gasteiger partial charge in [0.05, 0.1) is 11.9 Å². The number of rotatable bonds is 7. The van der Waals surface area contributed by atoms with Crippen LogP contribution in [0.25, 0.3) is 11.3 Å². The van der Waals surface area contributed by atoms with Crippen LogP contribution < -0.4 is 10.3 Å². The molecule has 0 saturated carbocycles. The van der Waals surface area contributed by atoms with Crippen LogP contribution >= 0.6 is 0 Å². The van der Waals surface area contributed by atoms with Crippen molar-refractivity contribution in [2.24, 2.45) is 11.0 Å². The van der Waals surface area contributed by atoms with Crippen molar-refractivity contribution < 1.29 is 4.79 Å². The van der Waals surface area contributed by atoms with Crippen LogP contribution in [0.4, 0.5) is 5.69 Å². The SMILES string of the molecule is CC(C)Cc1ccc(-c2cc(C(=O)N/N=C\c3ccc(N(C)C)cc3)[nH]n2)cc1. The van der Waals surface area contributed by atoms with Crippen molar-refractivity contribution in [3.05, 3.63) is 71.4 Å². The fraction of sp³-hybridized carbons (Fsp3) is 0.261. The highest BCUT2D eigenvalue weighted by Crippen LogP contribution is 2.19. The lowest BCUT2D eigenvalue weighted by Gasteiger charge is -2.11. The van der Waals surface area contributed by atoms with Crippen molar-refractivity contribution in [3.63, 3.8) is 0 Å². The summed E-state index contributed by atoms with van der Waals surface area (Å²) in [5, 5.41) is 11.1. The summed E-state index contributed by atoms with van der Waals surface area (Å²) in [6.07, 6.45) is 2.66. The van der Waals surface area contributed by atoms with Crippen LogP contribution in [0.2, 0.25) is 0 Å². The minimum Gasteiger partial charge on any atom is -0.378 e. The Morgan fingerprint density at radius 1 is 1.14 bits per heavy atom. The standard InChI is InChI=1S/C23H27N5O/c1-16(2)13-17-5-9-19(10-6-17)21-14-22(26-25-21)23(29)27-24-15-18-7-11-20(12-8-18)28(3)4/h5-12,14-16H,13H2,1-4H3,(H,25,26)(H,27,29)/b24-15-. The number of amides is 1. The highest BCUT2D eigenvalue weighted by Gasteiger charge is 2.10. The smallest absolute Gasteiger partial charge is 0.289 e. The van der Waals surface area contributed by atoms with Crippen molar-refractivity contribution in [2.75, 3.05) is 19.0 Å². The van der Waals surface area contributed by atoms with Gasteiger partial charge >= 0.3 is 0 Å². The van der Waals surface area contributed by atoms with Crippen LogP contribution in [-0.2, 0) is 6.42 Å². The molecule has 0 bridgehead atoms. The van der Waals surface area contributed by atoms with E-state index in [0.29, 0.717) is 11.6 Å². The molecular weight excluding hydrogens is 362 g/mol. The number of carbonyl (C=O) groups is 1. The Balaban J connectivity index is 1.60. The normalized spacial score (nSPS) is 11.2. The molecule has 3 aromatic rings. The molecule has 0 fully saturated rings. The third kappa shape index (κ3) is 5.54. The number of H-pyrrole nitrogens is 1. The molecule has 150 valence electrons. The van der Waals surface area contributed by atoms with Gasteiger partial charge in [0.25, 0.3) is 5.91 Å². The predicted molar refractivity (Wildman–Crippen MR) is 118 cm³/mol. The molecule has 0 atom stereocenters. The second-order valence-electron chi connectivity index (χ2n) is 7.65. The Labute approximate surface area is 171 Å². The maximum Gasteiger partial charge on any atom is 0.289 e. The van der Waals surface area contributed by atoms with E-state index in [1.807, 2.05) is 55.4 Å². The molecule has 3 rings (SSSR count). The molecule has 29 heavy (non-hydrogen) atoms. The van der Waals surface area contributed by atoms with Gasteiger partial charge in [-0.2, -0.15) is 10.2 Å². The molecule has 2 aromatic carbocycles. The van der Waals surface area contributed by atoms with E-state index in [1.54, 1.807) is 12.3 Å². The first-order chi connectivity index (χ1) is 13.9. The minimum absolute atomic E-state index is 0.332. The number of aromatic amines is 1. The van der Waals surface area contributed by atoms with Gasteiger partial charge in [0, 0.05) is 25.3 Å². The highest BCUT2D eigenvalue weighted by atomic mass is 16.2. The van der Waals surface area contributed by atoms with Gasteiger partial charge in [-0.15, -0.1) is 0 Å². The van der Waals surface area contributed by atoms with Crippen LogP contribution in [0.5, 0.6) is 0 Å². The van der Waals surface area contributed by atoms with Gasteiger partial charge in [-0.25, -0.2) is 5.43 Å². The van der Waals surface area contributed by atoms with Crippen LogP contribution in [-0.4, -0.2) is 36.4 Å². The summed E-state index contributed by atoms with van der Waals surface area (Å²) in [6.45, 7) is 4.40. The van der Waals surface area contributed by atoms with Crippen LogP contribution in [0.1, 0.15) is 35.5 Å². The number of nitrogens with zero attached hydrogens (tertiary/aromatic N) is 3. The van der Waals surface area contributed by atoms with E-state index < -0.39 is 0 Å². The Hall–Kier alpha value is -3.41. The van der Waals surface area contributed by atoms with E-state index in [0.717, 1.165) is 28.9 Å². The summed E-state index contributed by atoms with van der Waals surface area (Å²) < 4.78 is 0. The molecule has 2 N–H and O–H groups in total. The number of hydrogen-bond donors (Lipinski definition) is 2. The fourth-order valence-electron chi connectivity index (χ4n) is 2.95. The first kappa shape index (κ1) is 20.3. The number of nitrogens with one attached hydrogen (secondary N) is 2. The number of carbonyl (C=O) groups excluding carboxylic acids is 1. The van der Waals surface area contributed by atoms with Gasteiger partial charge in [0.15, 0.2) is 0 Å². The second-order valence-corrected chi connectivity index (χ2v) is 7.65. The zero-order valence-corrected chi connectivity index (χ0v) is 17.3. The van der Waals surface area contributed by atoms with Gasteiger partial charge < -0.3 is 4.90 Å².